The highest BCUT2D eigenvalue weighted by molar-refractivity contribution is 6.31. The zero-order valence-electron chi connectivity index (χ0n) is 10.7. The molecule has 1 aromatic carbocycles. The maximum atomic E-state index is 6.08. The molecule has 0 amide bonds. The van der Waals surface area contributed by atoms with E-state index in [1.807, 2.05) is 6.07 Å². The van der Waals surface area contributed by atoms with Crippen LogP contribution in [0.4, 0.5) is 0 Å². The highest BCUT2D eigenvalue weighted by atomic mass is 35.5. The summed E-state index contributed by atoms with van der Waals surface area (Å²) in [5.74, 6) is 0. The number of aromatic nitrogens is 1. The van der Waals surface area contributed by atoms with Gasteiger partial charge in [-0.15, -0.1) is 0 Å². The lowest BCUT2D eigenvalue weighted by Gasteiger charge is -2.03. The zero-order valence-corrected chi connectivity index (χ0v) is 11.5. The summed E-state index contributed by atoms with van der Waals surface area (Å²) in [6.07, 6.45) is 5.03. The number of fused-ring (bicyclic) bond motifs is 1. The molecule has 0 bridgehead atoms. The molecule has 1 fully saturated rings. The van der Waals surface area contributed by atoms with E-state index < -0.39 is 0 Å². The number of nitrogens with one attached hydrogen (secondary N) is 2. The Kier molecular flexibility index (Phi) is 3.31. The van der Waals surface area contributed by atoms with E-state index in [-0.39, 0.29) is 0 Å². The third kappa shape index (κ3) is 2.55. The van der Waals surface area contributed by atoms with Crippen molar-refractivity contribution in [3.8, 4) is 0 Å². The number of hydrogen-bond donors (Lipinski definition) is 2. The molecule has 0 spiro atoms. The maximum absolute atomic E-state index is 6.08. The molecule has 2 N–H and O–H groups in total. The Morgan fingerprint density at radius 1 is 1.39 bits per heavy atom. The number of rotatable bonds is 5. The fourth-order valence-electron chi connectivity index (χ4n) is 2.54. The van der Waals surface area contributed by atoms with Gasteiger partial charge in [0.25, 0.3) is 0 Å². The van der Waals surface area contributed by atoms with Crippen LogP contribution in [0.25, 0.3) is 10.9 Å². The zero-order chi connectivity index (χ0) is 12.5. The number of aryl methyl sites for hydroxylation is 2. The lowest BCUT2D eigenvalue weighted by atomic mass is 10.1. The Balaban J connectivity index is 1.72. The van der Waals surface area contributed by atoms with E-state index in [2.05, 4.69) is 29.4 Å². The minimum Gasteiger partial charge on any atom is -0.358 e. The van der Waals surface area contributed by atoms with Crippen molar-refractivity contribution in [2.45, 2.75) is 38.6 Å². The second-order valence-electron chi connectivity index (χ2n) is 5.25. The molecule has 0 atom stereocenters. The summed E-state index contributed by atoms with van der Waals surface area (Å²) in [5.41, 5.74) is 3.89. The van der Waals surface area contributed by atoms with Crippen LogP contribution in [0.3, 0.4) is 0 Å². The summed E-state index contributed by atoms with van der Waals surface area (Å²) >= 11 is 6.08. The molecular weight excluding hydrogens is 244 g/mol. The van der Waals surface area contributed by atoms with Crippen molar-refractivity contribution in [3.05, 3.63) is 34.5 Å². The summed E-state index contributed by atoms with van der Waals surface area (Å²) in [7, 11) is 0. The second kappa shape index (κ2) is 4.94. The number of benzene rings is 1. The van der Waals surface area contributed by atoms with Gasteiger partial charge in [0, 0.05) is 27.7 Å². The normalized spacial score (nSPS) is 15.4. The van der Waals surface area contributed by atoms with E-state index in [1.165, 1.54) is 41.4 Å². The molecule has 2 aromatic rings. The van der Waals surface area contributed by atoms with E-state index in [4.69, 9.17) is 11.6 Å². The van der Waals surface area contributed by atoms with Gasteiger partial charge >= 0.3 is 0 Å². The summed E-state index contributed by atoms with van der Waals surface area (Å²) < 4.78 is 0. The van der Waals surface area contributed by atoms with Gasteiger partial charge in [-0.05, 0) is 62.9 Å². The molecule has 2 nitrogen and oxygen atoms in total. The number of halogens is 1. The van der Waals surface area contributed by atoms with Crippen LogP contribution >= 0.6 is 11.6 Å². The van der Waals surface area contributed by atoms with E-state index in [1.54, 1.807) is 0 Å². The molecule has 1 aliphatic rings. The van der Waals surface area contributed by atoms with Gasteiger partial charge in [0.2, 0.25) is 0 Å². The summed E-state index contributed by atoms with van der Waals surface area (Å²) in [5, 5.41) is 5.66. The van der Waals surface area contributed by atoms with Crippen LogP contribution in [-0.2, 0) is 6.42 Å². The van der Waals surface area contributed by atoms with Crippen LogP contribution < -0.4 is 5.32 Å². The molecule has 0 radical (unpaired) electrons. The molecule has 0 unspecified atom stereocenters. The van der Waals surface area contributed by atoms with Crippen molar-refractivity contribution in [3.63, 3.8) is 0 Å². The monoisotopic (exact) mass is 262 g/mol. The minimum absolute atomic E-state index is 0.809. The highest BCUT2D eigenvalue weighted by Crippen LogP contribution is 2.26. The van der Waals surface area contributed by atoms with Crippen LogP contribution in [0.1, 0.15) is 30.5 Å². The lowest BCUT2D eigenvalue weighted by Crippen LogP contribution is -2.17. The highest BCUT2D eigenvalue weighted by Gasteiger charge is 2.19. The van der Waals surface area contributed by atoms with E-state index in [0.717, 1.165) is 24.0 Å². The Hall–Kier alpha value is -0.990. The molecule has 96 valence electrons. The molecule has 18 heavy (non-hydrogen) atoms. The maximum Gasteiger partial charge on any atom is 0.0459 e. The topological polar surface area (TPSA) is 27.8 Å². The number of hydrogen-bond acceptors (Lipinski definition) is 1. The van der Waals surface area contributed by atoms with Crippen LogP contribution in [0.15, 0.2) is 18.2 Å². The summed E-state index contributed by atoms with van der Waals surface area (Å²) in [6.45, 7) is 3.27. The van der Waals surface area contributed by atoms with Gasteiger partial charge in [0.1, 0.15) is 0 Å². The Labute approximate surface area is 113 Å². The first-order valence-electron chi connectivity index (χ1n) is 6.74. The van der Waals surface area contributed by atoms with Crippen molar-refractivity contribution in [2.75, 3.05) is 6.54 Å². The molecule has 3 heteroatoms. The van der Waals surface area contributed by atoms with Crippen LogP contribution in [0.2, 0.25) is 5.02 Å². The predicted octanol–water partition coefficient (Wildman–Crippen LogP) is 3.81. The van der Waals surface area contributed by atoms with Crippen LogP contribution in [-0.4, -0.2) is 17.6 Å². The van der Waals surface area contributed by atoms with Gasteiger partial charge in [-0.3, -0.25) is 0 Å². The summed E-state index contributed by atoms with van der Waals surface area (Å²) in [6, 6.07) is 6.89. The first kappa shape index (κ1) is 12.1. The first-order chi connectivity index (χ1) is 8.74. The Morgan fingerprint density at radius 2 is 2.22 bits per heavy atom. The molecular formula is C15H19ClN2. The molecule has 1 saturated carbocycles. The van der Waals surface area contributed by atoms with E-state index in [9.17, 15) is 0 Å². The fourth-order valence-corrected chi connectivity index (χ4v) is 2.71. The Morgan fingerprint density at radius 3 is 3.00 bits per heavy atom. The van der Waals surface area contributed by atoms with Gasteiger partial charge in [-0.1, -0.05) is 11.6 Å². The molecule has 0 aliphatic heterocycles. The van der Waals surface area contributed by atoms with Gasteiger partial charge in [0.05, 0.1) is 0 Å². The van der Waals surface area contributed by atoms with Crippen molar-refractivity contribution in [1.29, 1.82) is 0 Å². The standard InChI is InChI=1S/C15H19ClN2/c1-10-13(3-2-8-17-12-5-6-12)14-9-11(16)4-7-15(14)18-10/h4,7,9,12,17-18H,2-3,5-6,8H2,1H3. The van der Waals surface area contributed by atoms with Crippen molar-refractivity contribution < 1.29 is 0 Å². The SMILES string of the molecule is Cc1[nH]c2ccc(Cl)cc2c1CCCNC1CC1. The van der Waals surface area contributed by atoms with Crippen molar-refractivity contribution in [1.82, 2.24) is 10.3 Å². The third-order valence-corrected chi connectivity index (χ3v) is 3.93. The minimum atomic E-state index is 0.809. The van der Waals surface area contributed by atoms with E-state index in [0.29, 0.717) is 0 Å². The molecule has 1 aromatic heterocycles. The van der Waals surface area contributed by atoms with Gasteiger partial charge in [0.15, 0.2) is 0 Å². The number of H-pyrrole nitrogens is 1. The smallest absolute Gasteiger partial charge is 0.0459 e. The van der Waals surface area contributed by atoms with E-state index >= 15 is 0 Å². The van der Waals surface area contributed by atoms with Gasteiger partial charge in [-0.2, -0.15) is 0 Å². The third-order valence-electron chi connectivity index (χ3n) is 3.70. The molecule has 1 aliphatic carbocycles. The van der Waals surface area contributed by atoms with Gasteiger partial charge < -0.3 is 10.3 Å². The fraction of sp³-hybridized carbons (Fsp3) is 0.467. The Bertz CT molecular complexity index is 555. The quantitative estimate of drug-likeness (QED) is 0.788. The summed E-state index contributed by atoms with van der Waals surface area (Å²) in [4.78, 5) is 3.44. The van der Waals surface area contributed by atoms with Crippen LogP contribution in [0.5, 0.6) is 0 Å². The largest absolute Gasteiger partial charge is 0.358 e. The lowest BCUT2D eigenvalue weighted by molar-refractivity contribution is 0.646. The average Bonchev–Trinajstić information content (AvgIpc) is 3.11. The second-order valence-corrected chi connectivity index (χ2v) is 5.69. The van der Waals surface area contributed by atoms with Crippen LogP contribution in [0, 0.1) is 6.92 Å². The van der Waals surface area contributed by atoms with Gasteiger partial charge in [-0.25, -0.2) is 0 Å². The van der Waals surface area contributed by atoms with Crippen molar-refractivity contribution >= 4 is 22.5 Å². The number of aromatic amines is 1. The molecule has 0 saturated heterocycles. The van der Waals surface area contributed by atoms with Crippen molar-refractivity contribution in [2.24, 2.45) is 0 Å². The molecule has 3 rings (SSSR count). The average molecular weight is 263 g/mol. The molecule has 1 heterocycles. The predicted molar refractivity (Wildman–Crippen MR) is 77.4 cm³/mol. The first-order valence-corrected chi connectivity index (χ1v) is 7.12.